The molecule has 0 fully saturated rings. The van der Waals surface area contributed by atoms with Gasteiger partial charge in [-0.15, -0.1) is 0 Å². The molecule has 0 N–H and O–H groups in total. The molecular weight excluding hydrogens is 919 g/mol. The monoisotopic (exact) mass is 980 g/mol. The average Bonchev–Trinajstić information content (AvgIpc) is 3.72. The van der Waals surface area contributed by atoms with Crippen LogP contribution in [-0.2, 0) is 21.7 Å². The Bertz CT molecular complexity index is 3650. The maximum atomic E-state index is 7.97. The van der Waals surface area contributed by atoms with Crippen molar-refractivity contribution in [3.8, 4) is 74.0 Å². The van der Waals surface area contributed by atoms with Gasteiger partial charge >= 0.3 is 0 Å². The van der Waals surface area contributed by atoms with Crippen molar-refractivity contribution in [2.75, 3.05) is 0 Å². The zero-order valence-corrected chi connectivity index (χ0v) is 45.0. The topological polar surface area (TPSA) is 91.0 Å². The summed E-state index contributed by atoms with van der Waals surface area (Å²) in [6.07, 6.45) is 0. The first-order chi connectivity index (χ1) is 35.5. The second-order valence-corrected chi connectivity index (χ2v) is 23.6. The van der Waals surface area contributed by atoms with E-state index in [0.29, 0.717) is 51.9 Å². The summed E-state index contributed by atoms with van der Waals surface area (Å²) in [5.74, 6) is 3.12. The standard InChI is InChI=1S/C66H61N9/c1-63(2,3)45-31-43(32-46(36-45)64(4,5)6)60-72-61(44-33-47(65(7,8)9)37-48(34-44)66(10,11)12)74-62(73-60)53-35-42(59-70-57(40-21-17-15-18-22-40)69-58(71-59)41-23-19-16-20-24-41)25-28-56(53)75-54-29-26-49(67-13)38-51(54)52-39-50(68-14)27-30-55(52)75/h15-39H,1-12H3. The summed E-state index contributed by atoms with van der Waals surface area (Å²) >= 11 is 0. The summed E-state index contributed by atoms with van der Waals surface area (Å²) in [6.45, 7) is 42.9. The Morgan fingerprint density at radius 3 is 1.04 bits per heavy atom. The third-order valence-electron chi connectivity index (χ3n) is 13.9. The first-order valence-corrected chi connectivity index (χ1v) is 25.5. The Kier molecular flexibility index (Phi) is 12.4. The van der Waals surface area contributed by atoms with Gasteiger partial charge in [0.25, 0.3) is 0 Å². The number of fused-ring (bicyclic) bond motifs is 3. The zero-order valence-electron chi connectivity index (χ0n) is 45.0. The van der Waals surface area contributed by atoms with Gasteiger partial charge in [-0.3, -0.25) is 0 Å². The summed E-state index contributed by atoms with van der Waals surface area (Å²) in [5.41, 5.74) is 12.5. The molecule has 9 heteroatoms. The molecule has 0 radical (unpaired) electrons. The summed E-state index contributed by atoms with van der Waals surface area (Å²) < 4.78 is 2.20. The first kappa shape index (κ1) is 49.9. The van der Waals surface area contributed by atoms with Gasteiger partial charge in [0, 0.05) is 33.4 Å². The van der Waals surface area contributed by atoms with E-state index in [-0.39, 0.29) is 21.7 Å². The van der Waals surface area contributed by atoms with Gasteiger partial charge in [-0.2, -0.15) is 0 Å². The average molecular weight is 980 g/mol. The molecule has 0 aliphatic carbocycles. The van der Waals surface area contributed by atoms with Crippen molar-refractivity contribution in [3.63, 3.8) is 0 Å². The van der Waals surface area contributed by atoms with Crippen LogP contribution in [0.3, 0.4) is 0 Å². The second-order valence-electron chi connectivity index (χ2n) is 23.6. The van der Waals surface area contributed by atoms with E-state index in [2.05, 4.69) is 146 Å². The zero-order chi connectivity index (χ0) is 53.2. The molecule has 0 bridgehead atoms. The van der Waals surface area contributed by atoms with Gasteiger partial charge < -0.3 is 4.57 Å². The van der Waals surface area contributed by atoms with Crippen molar-refractivity contribution in [1.29, 1.82) is 0 Å². The molecule has 0 saturated heterocycles. The summed E-state index contributed by atoms with van der Waals surface area (Å²) in [5, 5.41) is 1.71. The summed E-state index contributed by atoms with van der Waals surface area (Å²) in [7, 11) is 0. The van der Waals surface area contributed by atoms with E-state index in [4.69, 9.17) is 43.0 Å². The molecule has 0 spiro atoms. The lowest BCUT2D eigenvalue weighted by Gasteiger charge is -2.26. The smallest absolute Gasteiger partial charge is 0.188 e. The third-order valence-corrected chi connectivity index (χ3v) is 13.9. The fourth-order valence-electron chi connectivity index (χ4n) is 9.38. The molecule has 10 rings (SSSR count). The van der Waals surface area contributed by atoms with E-state index in [1.54, 1.807) is 0 Å². The maximum Gasteiger partial charge on any atom is 0.188 e. The maximum absolute atomic E-state index is 7.97. The molecule has 0 saturated carbocycles. The minimum atomic E-state index is -0.169. The normalized spacial score (nSPS) is 12.2. The second kappa shape index (κ2) is 18.7. The van der Waals surface area contributed by atoms with Gasteiger partial charge in [0.15, 0.2) is 46.3 Å². The predicted molar refractivity (Wildman–Crippen MR) is 307 cm³/mol. The lowest BCUT2D eigenvalue weighted by atomic mass is 9.79. The van der Waals surface area contributed by atoms with Gasteiger partial charge in [-0.25, -0.2) is 39.6 Å². The lowest BCUT2D eigenvalue weighted by molar-refractivity contribution is 0.568. The fourth-order valence-corrected chi connectivity index (χ4v) is 9.38. The van der Waals surface area contributed by atoms with Crippen molar-refractivity contribution in [2.24, 2.45) is 0 Å². The van der Waals surface area contributed by atoms with Crippen LogP contribution in [0.2, 0.25) is 0 Å². The largest absolute Gasteiger partial charge is 0.309 e. The predicted octanol–water partition coefficient (Wildman–Crippen LogP) is 17.4. The van der Waals surface area contributed by atoms with Crippen molar-refractivity contribution in [3.05, 3.63) is 197 Å². The van der Waals surface area contributed by atoms with Gasteiger partial charge in [0.05, 0.1) is 29.9 Å². The van der Waals surface area contributed by atoms with Gasteiger partial charge in [-0.1, -0.05) is 168 Å². The molecule has 3 heterocycles. The Balaban J connectivity index is 1.34. The molecule has 7 aromatic carbocycles. The molecular formula is C66H61N9. The highest BCUT2D eigenvalue weighted by Crippen LogP contribution is 2.42. The Morgan fingerprint density at radius 1 is 0.333 bits per heavy atom. The molecule has 370 valence electrons. The van der Waals surface area contributed by atoms with Crippen molar-refractivity contribution in [1.82, 2.24) is 34.5 Å². The van der Waals surface area contributed by atoms with Crippen LogP contribution in [0.15, 0.2) is 152 Å². The van der Waals surface area contributed by atoms with Crippen molar-refractivity contribution < 1.29 is 0 Å². The summed E-state index contributed by atoms with van der Waals surface area (Å²) in [6, 6.07) is 51.3. The van der Waals surface area contributed by atoms with Crippen LogP contribution >= 0.6 is 0 Å². The Labute approximate surface area is 441 Å². The van der Waals surface area contributed by atoms with Crippen LogP contribution in [-0.4, -0.2) is 34.5 Å². The van der Waals surface area contributed by atoms with Crippen LogP contribution in [0.1, 0.15) is 105 Å². The van der Waals surface area contributed by atoms with Crippen LogP contribution in [0.25, 0.3) is 106 Å². The highest BCUT2D eigenvalue weighted by Gasteiger charge is 2.27. The molecule has 0 amide bonds. The minimum absolute atomic E-state index is 0.169. The molecule has 0 aliphatic heterocycles. The molecule has 9 nitrogen and oxygen atoms in total. The number of nitrogens with zero attached hydrogens (tertiary/aromatic N) is 9. The highest BCUT2D eigenvalue weighted by molar-refractivity contribution is 6.12. The SMILES string of the molecule is [C-]#[N+]c1ccc2c(c1)c1cc([N+]#[C-])ccc1n2-c1ccc(-c2nc(-c3ccccc3)nc(-c3ccccc3)n2)cc1-c1nc(-c2cc(C(C)(C)C)cc(C(C)(C)C)c2)nc(-c2cc(C(C)(C)C)cc(C(C)(C)C)c2)n1. The highest BCUT2D eigenvalue weighted by atomic mass is 15.1. The molecule has 0 aliphatic rings. The van der Waals surface area contributed by atoms with E-state index >= 15 is 0 Å². The molecule has 10 aromatic rings. The number of benzene rings is 7. The van der Waals surface area contributed by atoms with Gasteiger partial charge in [0.1, 0.15) is 0 Å². The van der Waals surface area contributed by atoms with Crippen LogP contribution in [0, 0.1) is 13.1 Å². The molecule has 0 atom stereocenters. The third kappa shape index (κ3) is 9.95. The number of hydrogen-bond acceptors (Lipinski definition) is 6. The first-order valence-electron chi connectivity index (χ1n) is 25.5. The van der Waals surface area contributed by atoms with Gasteiger partial charge in [0.2, 0.25) is 0 Å². The number of aromatic nitrogens is 7. The van der Waals surface area contributed by atoms with Crippen molar-refractivity contribution in [2.45, 2.75) is 105 Å². The number of hydrogen-bond donors (Lipinski definition) is 0. The number of rotatable bonds is 7. The van der Waals surface area contributed by atoms with E-state index < -0.39 is 0 Å². The lowest BCUT2D eigenvalue weighted by Crippen LogP contribution is -2.17. The van der Waals surface area contributed by atoms with E-state index in [1.807, 2.05) is 103 Å². The van der Waals surface area contributed by atoms with Crippen LogP contribution in [0.4, 0.5) is 11.4 Å². The minimum Gasteiger partial charge on any atom is -0.309 e. The van der Waals surface area contributed by atoms with Gasteiger partial charge in [-0.05, 0) is 121 Å². The quantitative estimate of drug-likeness (QED) is 0.148. The molecule has 3 aromatic heterocycles. The fraction of sp³-hybridized carbons (Fsp3) is 0.242. The van der Waals surface area contributed by atoms with Crippen LogP contribution < -0.4 is 0 Å². The molecule has 0 unspecified atom stereocenters. The van der Waals surface area contributed by atoms with E-state index in [9.17, 15) is 0 Å². The van der Waals surface area contributed by atoms with Crippen LogP contribution in [0.5, 0.6) is 0 Å². The van der Waals surface area contributed by atoms with E-state index in [0.717, 1.165) is 55.3 Å². The Hall–Kier alpha value is -8.66. The Morgan fingerprint density at radius 2 is 0.680 bits per heavy atom. The summed E-state index contributed by atoms with van der Waals surface area (Å²) in [4.78, 5) is 39.6. The van der Waals surface area contributed by atoms with Crippen molar-refractivity contribution >= 4 is 33.2 Å². The molecule has 75 heavy (non-hydrogen) atoms. The van der Waals surface area contributed by atoms with E-state index in [1.165, 1.54) is 22.3 Å².